The van der Waals surface area contributed by atoms with E-state index in [2.05, 4.69) is 14.7 Å². The molecule has 0 aliphatic carbocycles. The summed E-state index contributed by atoms with van der Waals surface area (Å²) in [6.45, 7) is 0. The lowest BCUT2D eigenvalue weighted by Crippen LogP contribution is -2.34. The molecule has 7 heteroatoms. The van der Waals surface area contributed by atoms with Gasteiger partial charge in [0.2, 0.25) is 5.28 Å². The Morgan fingerprint density at radius 1 is 1.25 bits per heavy atom. The monoisotopic (exact) mass is 192 g/mol. The number of aliphatic hydroxyl groups is 3. The first-order valence-corrected chi connectivity index (χ1v) is 3.19. The summed E-state index contributed by atoms with van der Waals surface area (Å²) in [5, 5.41) is 25.0. The highest BCUT2D eigenvalue weighted by Crippen LogP contribution is 2.11. The van der Waals surface area contributed by atoms with Crippen molar-refractivity contribution in [1.82, 2.24) is 9.97 Å². The van der Waals surface area contributed by atoms with E-state index in [1.54, 1.807) is 0 Å². The maximum absolute atomic E-state index is 8.34. The summed E-state index contributed by atoms with van der Waals surface area (Å²) < 4.78 is 4.14. The van der Waals surface area contributed by atoms with Gasteiger partial charge in [-0.05, 0) is 11.6 Å². The molecule has 3 N–H and O–H groups in total. The van der Waals surface area contributed by atoms with Gasteiger partial charge in [0, 0.05) is 0 Å². The van der Waals surface area contributed by atoms with Crippen molar-refractivity contribution in [3.63, 3.8) is 0 Å². The molecule has 1 rings (SSSR count). The molecule has 0 spiro atoms. The first-order chi connectivity index (χ1) is 5.47. The molecule has 1 heterocycles. The lowest BCUT2D eigenvalue weighted by Gasteiger charge is -2.13. The van der Waals surface area contributed by atoms with Crippen molar-refractivity contribution in [2.75, 3.05) is 0 Å². The summed E-state index contributed by atoms with van der Waals surface area (Å²) in [6, 6.07) is 0. The SMILES string of the molecule is OC(O)(O)Oc1cnc(Cl)nc1. The Kier molecular flexibility index (Phi) is 2.43. The van der Waals surface area contributed by atoms with Crippen LogP contribution in [0.1, 0.15) is 0 Å². The molecule has 0 saturated heterocycles. The van der Waals surface area contributed by atoms with Crippen LogP contribution in [0, 0.1) is 0 Å². The molecule has 0 aliphatic rings. The van der Waals surface area contributed by atoms with Gasteiger partial charge in [-0.2, -0.15) is 0 Å². The van der Waals surface area contributed by atoms with Gasteiger partial charge >= 0.3 is 6.16 Å². The van der Waals surface area contributed by atoms with Crippen molar-refractivity contribution in [2.45, 2.75) is 6.16 Å². The third kappa shape index (κ3) is 2.97. The van der Waals surface area contributed by atoms with Crippen LogP contribution in [0.4, 0.5) is 0 Å². The molecular formula is C5H5ClN2O4. The van der Waals surface area contributed by atoms with E-state index >= 15 is 0 Å². The van der Waals surface area contributed by atoms with E-state index in [1.165, 1.54) is 0 Å². The van der Waals surface area contributed by atoms with Crippen molar-refractivity contribution in [3.05, 3.63) is 17.7 Å². The molecule has 0 aromatic carbocycles. The second-order valence-electron chi connectivity index (χ2n) is 1.86. The van der Waals surface area contributed by atoms with Crippen LogP contribution in [-0.4, -0.2) is 31.4 Å². The summed E-state index contributed by atoms with van der Waals surface area (Å²) in [4.78, 5) is 6.92. The van der Waals surface area contributed by atoms with Crippen LogP contribution < -0.4 is 4.74 Å². The maximum atomic E-state index is 8.34. The molecule has 0 atom stereocenters. The van der Waals surface area contributed by atoms with Gasteiger partial charge in [-0.3, -0.25) is 0 Å². The number of ether oxygens (including phenoxy) is 1. The molecule has 0 amide bonds. The maximum Gasteiger partial charge on any atom is 0.453 e. The molecule has 1 aromatic heterocycles. The largest absolute Gasteiger partial charge is 0.453 e. The highest BCUT2D eigenvalue weighted by atomic mass is 35.5. The van der Waals surface area contributed by atoms with E-state index in [0.717, 1.165) is 12.4 Å². The Morgan fingerprint density at radius 3 is 2.17 bits per heavy atom. The number of nitrogens with zero attached hydrogens (tertiary/aromatic N) is 2. The molecule has 0 bridgehead atoms. The predicted molar refractivity (Wildman–Crippen MR) is 37.1 cm³/mol. The average molecular weight is 193 g/mol. The number of halogens is 1. The van der Waals surface area contributed by atoms with Crippen molar-refractivity contribution in [3.8, 4) is 5.75 Å². The summed E-state index contributed by atoms with van der Waals surface area (Å²) in [6.07, 6.45) is -1.07. The number of hydrogen-bond acceptors (Lipinski definition) is 6. The van der Waals surface area contributed by atoms with Gasteiger partial charge in [0.1, 0.15) is 0 Å². The highest BCUT2D eigenvalue weighted by molar-refractivity contribution is 6.28. The minimum atomic E-state index is -3.23. The van der Waals surface area contributed by atoms with Crippen LogP contribution >= 0.6 is 11.6 Å². The van der Waals surface area contributed by atoms with Crippen LogP contribution in [0.2, 0.25) is 5.28 Å². The lowest BCUT2D eigenvalue weighted by atomic mass is 10.6. The number of rotatable bonds is 2. The van der Waals surface area contributed by atoms with Gasteiger partial charge in [0.15, 0.2) is 5.75 Å². The van der Waals surface area contributed by atoms with Crippen molar-refractivity contribution >= 4 is 11.6 Å². The van der Waals surface area contributed by atoms with Crippen LogP contribution in [0.25, 0.3) is 0 Å². The first kappa shape index (κ1) is 9.14. The van der Waals surface area contributed by atoms with Crippen LogP contribution in [0.15, 0.2) is 12.4 Å². The van der Waals surface area contributed by atoms with E-state index in [9.17, 15) is 0 Å². The Balaban J connectivity index is 2.71. The van der Waals surface area contributed by atoms with E-state index in [1.807, 2.05) is 0 Å². The zero-order valence-corrected chi connectivity index (χ0v) is 6.43. The van der Waals surface area contributed by atoms with Crippen molar-refractivity contribution in [2.24, 2.45) is 0 Å². The fourth-order valence-corrected chi connectivity index (χ4v) is 0.609. The van der Waals surface area contributed by atoms with E-state index in [0.29, 0.717) is 0 Å². The molecule has 6 nitrogen and oxygen atoms in total. The number of aromatic nitrogens is 2. The minimum Gasteiger partial charge on any atom is -0.414 e. The number of hydrogen-bond donors (Lipinski definition) is 3. The van der Waals surface area contributed by atoms with Gasteiger partial charge in [0.05, 0.1) is 12.4 Å². The first-order valence-electron chi connectivity index (χ1n) is 2.81. The molecular weight excluding hydrogens is 188 g/mol. The molecule has 0 radical (unpaired) electrons. The quantitative estimate of drug-likeness (QED) is 0.415. The van der Waals surface area contributed by atoms with Gasteiger partial charge in [-0.1, -0.05) is 0 Å². The Labute approximate surface area is 72.0 Å². The summed E-state index contributed by atoms with van der Waals surface area (Å²) in [5.41, 5.74) is 0. The third-order valence-corrected chi connectivity index (χ3v) is 1.05. The normalized spacial score (nSPS) is 11.3. The molecule has 66 valence electrons. The topological polar surface area (TPSA) is 95.7 Å². The summed E-state index contributed by atoms with van der Waals surface area (Å²) in [5.74, 6) is -0.119. The highest BCUT2D eigenvalue weighted by Gasteiger charge is 2.20. The second kappa shape index (κ2) is 3.20. The average Bonchev–Trinajstić information content (AvgIpc) is 1.91. The molecule has 0 aliphatic heterocycles. The second-order valence-corrected chi connectivity index (χ2v) is 2.20. The van der Waals surface area contributed by atoms with E-state index < -0.39 is 6.16 Å². The van der Waals surface area contributed by atoms with Gasteiger partial charge in [-0.25, -0.2) is 9.97 Å². The van der Waals surface area contributed by atoms with Gasteiger partial charge in [0.25, 0.3) is 0 Å². The molecule has 0 fully saturated rings. The summed E-state index contributed by atoms with van der Waals surface area (Å²) in [7, 11) is 0. The minimum absolute atomic E-state index is 0.0123. The van der Waals surface area contributed by atoms with Crippen LogP contribution in [0.3, 0.4) is 0 Å². The fourth-order valence-electron chi connectivity index (χ4n) is 0.511. The Morgan fingerprint density at radius 2 is 1.75 bits per heavy atom. The molecule has 0 saturated carbocycles. The van der Waals surface area contributed by atoms with Crippen LogP contribution in [0.5, 0.6) is 5.75 Å². The lowest BCUT2D eigenvalue weighted by molar-refractivity contribution is -0.419. The predicted octanol–water partition coefficient (Wildman–Crippen LogP) is -0.903. The van der Waals surface area contributed by atoms with Gasteiger partial charge in [-0.15, -0.1) is 0 Å². The van der Waals surface area contributed by atoms with Crippen LogP contribution in [-0.2, 0) is 0 Å². The fraction of sp³-hybridized carbons (Fsp3) is 0.200. The standard InChI is InChI=1S/C5H5ClN2O4/c6-4-7-1-3(2-8-4)12-5(9,10)11/h1-2,9-11H. The Bertz CT molecular complexity index is 257. The molecule has 0 unspecified atom stereocenters. The zero-order valence-electron chi connectivity index (χ0n) is 5.68. The molecule has 1 aromatic rings. The Hall–Kier alpha value is -0.950. The smallest absolute Gasteiger partial charge is 0.414 e. The van der Waals surface area contributed by atoms with E-state index in [-0.39, 0.29) is 11.0 Å². The molecule has 12 heavy (non-hydrogen) atoms. The zero-order chi connectivity index (χ0) is 9.19. The van der Waals surface area contributed by atoms with Crippen molar-refractivity contribution < 1.29 is 20.1 Å². The third-order valence-electron chi connectivity index (χ3n) is 0.851. The van der Waals surface area contributed by atoms with Gasteiger partial charge < -0.3 is 20.1 Å². The van der Waals surface area contributed by atoms with Crippen molar-refractivity contribution in [1.29, 1.82) is 0 Å². The summed E-state index contributed by atoms with van der Waals surface area (Å²) >= 11 is 5.32. The van der Waals surface area contributed by atoms with E-state index in [4.69, 9.17) is 26.9 Å².